The van der Waals surface area contributed by atoms with E-state index in [0.29, 0.717) is 21.8 Å². The van der Waals surface area contributed by atoms with Crippen molar-refractivity contribution in [1.82, 2.24) is 5.32 Å². The summed E-state index contributed by atoms with van der Waals surface area (Å²) in [5.74, 6) is -1.09. The Balaban J connectivity index is 2.31. The third-order valence-electron chi connectivity index (χ3n) is 3.07. The predicted molar refractivity (Wildman–Crippen MR) is 88.1 cm³/mol. The normalized spacial score (nSPS) is 12.6. The van der Waals surface area contributed by atoms with Crippen LogP contribution in [0.3, 0.4) is 0 Å². The van der Waals surface area contributed by atoms with Crippen molar-refractivity contribution in [1.29, 1.82) is 0 Å². The number of hydrogen-bond donors (Lipinski definition) is 1. The molecule has 0 bridgehead atoms. The lowest BCUT2D eigenvalue weighted by Crippen LogP contribution is -2.25. The van der Waals surface area contributed by atoms with Crippen molar-refractivity contribution in [2.75, 3.05) is 6.54 Å². The Hall–Kier alpha value is -0.490. The molecule has 6 heteroatoms. The average Bonchev–Trinajstić information content (AvgIpc) is 2.80. The minimum absolute atomic E-state index is 0.0798. The van der Waals surface area contributed by atoms with Gasteiger partial charge in [0.1, 0.15) is 11.6 Å². The first-order chi connectivity index (χ1) is 10.0. The summed E-state index contributed by atoms with van der Waals surface area (Å²) in [6, 6.07) is 5.86. The van der Waals surface area contributed by atoms with Gasteiger partial charge in [-0.1, -0.05) is 34.5 Å². The van der Waals surface area contributed by atoms with Gasteiger partial charge in [-0.3, -0.25) is 0 Å². The van der Waals surface area contributed by atoms with E-state index in [9.17, 15) is 8.78 Å². The van der Waals surface area contributed by atoms with Gasteiger partial charge in [-0.05, 0) is 37.2 Å². The fraction of sp³-hybridized carbons (Fsp3) is 0.333. The number of halogens is 4. The van der Waals surface area contributed by atoms with Crippen LogP contribution < -0.4 is 5.32 Å². The predicted octanol–water partition coefficient (Wildman–Crippen LogP) is 5.73. The molecule has 21 heavy (non-hydrogen) atoms. The molecule has 0 fully saturated rings. The van der Waals surface area contributed by atoms with E-state index < -0.39 is 17.7 Å². The van der Waals surface area contributed by atoms with Crippen LogP contribution in [0.1, 0.15) is 29.8 Å². The zero-order chi connectivity index (χ0) is 15.4. The molecule has 0 spiro atoms. The van der Waals surface area contributed by atoms with Crippen LogP contribution in [0.5, 0.6) is 0 Å². The third-order valence-corrected chi connectivity index (χ3v) is 4.78. The fourth-order valence-electron chi connectivity index (χ4n) is 2.14. The van der Waals surface area contributed by atoms with E-state index in [1.54, 1.807) is 6.07 Å². The Labute approximate surface area is 140 Å². The number of benzene rings is 1. The smallest absolute Gasteiger partial charge is 0.132 e. The minimum Gasteiger partial charge on any atom is -0.309 e. The Morgan fingerprint density at radius 2 is 1.95 bits per heavy atom. The van der Waals surface area contributed by atoms with Crippen LogP contribution in [-0.2, 0) is 6.42 Å². The van der Waals surface area contributed by atoms with E-state index in [1.807, 2.05) is 13.0 Å². The van der Waals surface area contributed by atoms with Crippen molar-refractivity contribution in [3.05, 3.63) is 55.1 Å². The van der Waals surface area contributed by atoms with E-state index >= 15 is 0 Å². The highest BCUT2D eigenvalue weighted by molar-refractivity contribution is 9.10. The van der Waals surface area contributed by atoms with Gasteiger partial charge in [0.25, 0.3) is 0 Å². The fourth-order valence-corrected chi connectivity index (χ4v) is 3.68. The second kappa shape index (κ2) is 7.68. The van der Waals surface area contributed by atoms with Crippen molar-refractivity contribution in [3.8, 4) is 0 Å². The van der Waals surface area contributed by atoms with Gasteiger partial charge in [0, 0.05) is 27.4 Å². The Bertz CT molecular complexity index is 594. The molecule has 114 valence electrons. The minimum atomic E-state index is -0.543. The summed E-state index contributed by atoms with van der Waals surface area (Å²) in [7, 11) is 0. The topological polar surface area (TPSA) is 12.0 Å². The van der Waals surface area contributed by atoms with Crippen LogP contribution in [-0.4, -0.2) is 6.54 Å². The van der Waals surface area contributed by atoms with Crippen molar-refractivity contribution in [2.45, 2.75) is 25.8 Å². The van der Waals surface area contributed by atoms with Gasteiger partial charge in [-0.2, -0.15) is 0 Å². The second-order valence-electron chi connectivity index (χ2n) is 4.70. The van der Waals surface area contributed by atoms with Gasteiger partial charge in [0.05, 0.1) is 4.34 Å². The highest BCUT2D eigenvalue weighted by Gasteiger charge is 2.21. The molecule has 0 saturated carbocycles. The molecule has 1 aromatic carbocycles. The molecule has 0 aliphatic carbocycles. The Kier molecular flexibility index (Phi) is 6.17. The molecule has 1 nitrogen and oxygen atoms in total. The first kappa shape index (κ1) is 16.9. The Morgan fingerprint density at radius 1 is 1.29 bits per heavy atom. The quantitative estimate of drug-likeness (QED) is 0.660. The van der Waals surface area contributed by atoms with Crippen molar-refractivity contribution in [3.63, 3.8) is 0 Å². The SMILES string of the molecule is CCCNC(Cc1ccc(Cl)s1)c1c(F)cc(Br)cc1F. The van der Waals surface area contributed by atoms with E-state index in [4.69, 9.17) is 11.6 Å². The van der Waals surface area contributed by atoms with E-state index in [2.05, 4.69) is 21.2 Å². The first-order valence-electron chi connectivity index (χ1n) is 6.63. The molecule has 1 aromatic heterocycles. The van der Waals surface area contributed by atoms with E-state index in [-0.39, 0.29) is 5.56 Å². The summed E-state index contributed by atoms with van der Waals surface area (Å²) in [4.78, 5) is 0.996. The monoisotopic (exact) mass is 393 g/mol. The summed E-state index contributed by atoms with van der Waals surface area (Å²) in [5, 5.41) is 3.21. The van der Waals surface area contributed by atoms with Crippen LogP contribution in [0.2, 0.25) is 4.34 Å². The summed E-state index contributed by atoms with van der Waals surface area (Å²) < 4.78 is 29.4. The lowest BCUT2D eigenvalue weighted by atomic mass is 10.0. The first-order valence-corrected chi connectivity index (χ1v) is 8.62. The molecule has 1 N–H and O–H groups in total. The summed E-state index contributed by atoms with van der Waals surface area (Å²) >= 11 is 10.5. The van der Waals surface area contributed by atoms with Crippen molar-refractivity contribution < 1.29 is 8.78 Å². The third kappa shape index (κ3) is 4.49. The van der Waals surface area contributed by atoms with Gasteiger partial charge >= 0.3 is 0 Å². The van der Waals surface area contributed by atoms with Crippen LogP contribution in [0.25, 0.3) is 0 Å². The average molecular weight is 395 g/mol. The number of nitrogens with one attached hydrogen (secondary N) is 1. The maximum absolute atomic E-state index is 14.2. The van der Waals surface area contributed by atoms with Crippen LogP contribution in [0.4, 0.5) is 8.78 Å². The number of rotatable bonds is 6. The molecule has 1 atom stereocenters. The lowest BCUT2D eigenvalue weighted by molar-refractivity contribution is 0.465. The van der Waals surface area contributed by atoms with E-state index in [0.717, 1.165) is 11.3 Å². The largest absolute Gasteiger partial charge is 0.309 e. The molecule has 1 heterocycles. The molecular weight excluding hydrogens is 380 g/mol. The Morgan fingerprint density at radius 3 is 2.48 bits per heavy atom. The van der Waals surface area contributed by atoms with Crippen LogP contribution in [0, 0.1) is 11.6 Å². The lowest BCUT2D eigenvalue weighted by Gasteiger charge is -2.20. The molecular formula is C15H15BrClF2NS. The number of thiophene rings is 1. The summed E-state index contributed by atoms with van der Waals surface area (Å²) in [6.45, 7) is 2.71. The van der Waals surface area contributed by atoms with Crippen LogP contribution >= 0.6 is 38.9 Å². The summed E-state index contributed by atoms with van der Waals surface area (Å²) in [6.07, 6.45) is 1.40. The zero-order valence-electron chi connectivity index (χ0n) is 11.4. The van der Waals surface area contributed by atoms with Gasteiger partial charge in [0.15, 0.2) is 0 Å². The zero-order valence-corrected chi connectivity index (χ0v) is 14.6. The summed E-state index contributed by atoms with van der Waals surface area (Å²) in [5.41, 5.74) is 0.0798. The van der Waals surface area contributed by atoms with Crippen molar-refractivity contribution in [2.24, 2.45) is 0 Å². The molecule has 0 radical (unpaired) electrons. The maximum atomic E-state index is 14.2. The second-order valence-corrected chi connectivity index (χ2v) is 7.42. The standard InChI is InChI=1S/C15H15BrClF2NS/c1-2-5-20-13(8-10-3-4-14(17)21-10)15-11(18)6-9(16)7-12(15)19/h3-4,6-7,13,20H,2,5,8H2,1H3. The van der Waals surface area contributed by atoms with Gasteiger partial charge in [-0.25, -0.2) is 8.78 Å². The van der Waals surface area contributed by atoms with Gasteiger partial charge in [0.2, 0.25) is 0 Å². The molecule has 1 unspecified atom stereocenters. The molecule has 0 saturated heterocycles. The molecule has 2 aromatic rings. The van der Waals surface area contributed by atoms with Gasteiger partial charge < -0.3 is 5.32 Å². The van der Waals surface area contributed by atoms with Crippen molar-refractivity contribution >= 4 is 38.9 Å². The molecule has 0 aliphatic heterocycles. The molecule has 0 amide bonds. The highest BCUT2D eigenvalue weighted by atomic mass is 79.9. The maximum Gasteiger partial charge on any atom is 0.132 e. The van der Waals surface area contributed by atoms with Crippen LogP contribution in [0.15, 0.2) is 28.7 Å². The van der Waals surface area contributed by atoms with Gasteiger partial charge in [-0.15, -0.1) is 11.3 Å². The highest BCUT2D eigenvalue weighted by Crippen LogP contribution is 2.30. The molecule has 0 aliphatic rings. The number of hydrogen-bond acceptors (Lipinski definition) is 2. The molecule has 2 rings (SSSR count). The van der Waals surface area contributed by atoms with E-state index in [1.165, 1.54) is 23.5 Å².